The Balaban J connectivity index is 1.68. The Morgan fingerprint density at radius 3 is 2.44 bits per heavy atom. The molecule has 1 fully saturated rings. The van der Waals surface area contributed by atoms with Crippen LogP contribution in [0.15, 0.2) is 71.6 Å². The quantitative estimate of drug-likeness (QED) is 0.519. The summed E-state index contributed by atoms with van der Waals surface area (Å²) in [5, 5.41) is 0.348. The third kappa shape index (κ3) is 4.66. The van der Waals surface area contributed by atoms with Crippen LogP contribution in [0.3, 0.4) is 0 Å². The van der Waals surface area contributed by atoms with E-state index in [9.17, 15) is 13.2 Å². The van der Waals surface area contributed by atoms with E-state index in [0.29, 0.717) is 47.3 Å². The fourth-order valence-electron chi connectivity index (χ4n) is 3.44. The monoisotopic (exact) mass is 472 g/mol. The van der Waals surface area contributed by atoms with Crippen LogP contribution in [0.25, 0.3) is 0 Å². The Labute approximate surface area is 191 Å². The highest BCUT2D eigenvalue weighted by atomic mass is 35.5. The largest absolute Gasteiger partial charge is 0.495 e. The van der Waals surface area contributed by atoms with Crippen LogP contribution in [0, 0.1) is 0 Å². The number of carbonyl (C=O) groups excluding carboxylic acids is 1. The maximum Gasteiger partial charge on any atom is 0.262 e. The summed E-state index contributed by atoms with van der Waals surface area (Å²) in [5.41, 5.74) is 0.612. The van der Waals surface area contributed by atoms with E-state index in [1.165, 1.54) is 31.4 Å². The maximum absolute atomic E-state index is 13.2. The fraction of sp³-hybridized carbons (Fsp3) is 0.174. The lowest BCUT2D eigenvalue weighted by Gasteiger charge is -2.20. The van der Waals surface area contributed by atoms with Gasteiger partial charge in [-0.1, -0.05) is 29.8 Å². The van der Waals surface area contributed by atoms with Gasteiger partial charge in [0.15, 0.2) is 5.75 Å². The molecule has 0 saturated carbocycles. The molecule has 4 rings (SSSR count). The number of rotatable bonds is 7. The van der Waals surface area contributed by atoms with Crippen LogP contribution in [0.2, 0.25) is 5.02 Å². The highest BCUT2D eigenvalue weighted by molar-refractivity contribution is 7.92. The number of nitrogens with zero attached hydrogens (tertiary/aromatic N) is 1. The number of nitrogens with one attached hydrogen (secondary N) is 1. The zero-order chi connectivity index (χ0) is 22.7. The maximum atomic E-state index is 13.2. The average molecular weight is 473 g/mol. The molecule has 1 heterocycles. The van der Waals surface area contributed by atoms with E-state index < -0.39 is 10.0 Å². The summed E-state index contributed by atoms with van der Waals surface area (Å²) in [6.45, 7) is 0.509. The number of benzene rings is 3. The van der Waals surface area contributed by atoms with Gasteiger partial charge in [-0.25, -0.2) is 8.42 Å². The van der Waals surface area contributed by atoms with Crippen LogP contribution in [-0.4, -0.2) is 28.0 Å². The Morgan fingerprint density at radius 2 is 1.75 bits per heavy atom. The van der Waals surface area contributed by atoms with Crippen molar-refractivity contribution in [1.82, 2.24) is 0 Å². The van der Waals surface area contributed by atoms with E-state index >= 15 is 0 Å². The van der Waals surface area contributed by atoms with Crippen LogP contribution in [0.5, 0.6) is 17.2 Å². The first-order valence-corrected chi connectivity index (χ1v) is 11.8. The second kappa shape index (κ2) is 9.10. The first-order valence-electron chi connectivity index (χ1n) is 9.91. The number of methoxy groups -OCH3 is 1. The van der Waals surface area contributed by atoms with Gasteiger partial charge >= 0.3 is 0 Å². The summed E-state index contributed by atoms with van der Waals surface area (Å²) >= 11 is 6.11. The van der Waals surface area contributed by atoms with Crippen molar-refractivity contribution in [3.05, 3.63) is 71.8 Å². The van der Waals surface area contributed by atoms with Gasteiger partial charge < -0.3 is 14.4 Å². The number of hydrogen-bond donors (Lipinski definition) is 1. The van der Waals surface area contributed by atoms with Crippen LogP contribution in [0.4, 0.5) is 11.4 Å². The second-order valence-electron chi connectivity index (χ2n) is 7.14. The Morgan fingerprint density at radius 1 is 1.00 bits per heavy atom. The molecule has 32 heavy (non-hydrogen) atoms. The van der Waals surface area contributed by atoms with Gasteiger partial charge in [-0.15, -0.1) is 0 Å². The van der Waals surface area contributed by atoms with Crippen molar-refractivity contribution in [1.29, 1.82) is 0 Å². The van der Waals surface area contributed by atoms with Gasteiger partial charge in [-0.05, 0) is 55.0 Å². The average Bonchev–Trinajstić information content (AvgIpc) is 3.21. The number of amides is 1. The fourth-order valence-corrected chi connectivity index (χ4v) is 4.69. The number of anilines is 2. The summed E-state index contributed by atoms with van der Waals surface area (Å²) in [7, 11) is -2.54. The van der Waals surface area contributed by atoms with Crippen molar-refractivity contribution in [2.75, 3.05) is 23.3 Å². The molecule has 0 spiro atoms. The number of carbonyl (C=O) groups is 1. The van der Waals surface area contributed by atoms with Crippen LogP contribution >= 0.6 is 11.6 Å². The molecule has 3 aromatic rings. The van der Waals surface area contributed by atoms with Crippen molar-refractivity contribution in [3.63, 3.8) is 0 Å². The zero-order valence-electron chi connectivity index (χ0n) is 17.2. The number of ether oxygens (including phenoxy) is 2. The summed E-state index contributed by atoms with van der Waals surface area (Å²) in [6.07, 6.45) is 1.13. The lowest BCUT2D eigenvalue weighted by molar-refractivity contribution is -0.117. The first-order chi connectivity index (χ1) is 15.4. The van der Waals surface area contributed by atoms with Gasteiger partial charge in [0.25, 0.3) is 10.0 Å². The lowest BCUT2D eigenvalue weighted by Crippen LogP contribution is -2.25. The molecule has 0 aromatic heterocycles. The number of sulfonamides is 1. The van der Waals surface area contributed by atoms with Crippen molar-refractivity contribution < 1.29 is 22.7 Å². The minimum atomic E-state index is -4.02. The van der Waals surface area contributed by atoms with Crippen molar-refractivity contribution >= 4 is 38.9 Å². The van der Waals surface area contributed by atoms with E-state index in [4.69, 9.17) is 21.1 Å². The van der Waals surface area contributed by atoms with Crippen molar-refractivity contribution in [3.8, 4) is 17.2 Å². The van der Waals surface area contributed by atoms with Crippen molar-refractivity contribution in [2.24, 2.45) is 0 Å². The third-order valence-corrected chi connectivity index (χ3v) is 6.58. The van der Waals surface area contributed by atoms with E-state index in [2.05, 4.69) is 4.72 Å². The molecule has 1 aliphatic heterocycles. The summed E-state index contributed by atoms with van der Waals surface area (Å²) in [6, 6.07) is 18.1. The minimum absolute atomic E-state index is 0.0152. The predicted molar refractivity (Wildman–Crippen MR) is 123 cm³/mol. The Bertz CT molecular complexity index is 1250. The summed E-state index contributed by atoms with van der Waals surface area (Å²) < 4.78 is 40.2. The van der Waals surface area contributed by atoms with Gasteiger partial charge in [0.1, 0.15) is 11.5 Å². The van der Waals surface area contributed by atoms with Gasteiger partial charge in [0.2, 0.25) is 5.91 Å². The summed E-state index contributed by atoms with van der Waals surface area (Å²) in [4.78, 5) is 13.8. The molecule has 166 valence electrons. The number of halogens is 1. The zero-order valence-corrected chi connectivity index (χ0v) is 18.8. The molecule has 9 heteroatoms. The van der Waals surface area contributed by atoms with E-state index in [1.54, 1.807) is 29.2 Å². The number of para-hydroxylation sites is 1. The smallest absolute Gasteiger partial charge is 0.262 e. The summed E-state index contributed by atoms with van der Waals surface area (Å²) in [5.74, 6) is 1.21. The Kier molecular flexibility index (Phi) is 6.25. The van der Waals surface area contributed by atoms with Gasteiger partial charge in [-0.2, -0.15) is 0 Å². The molecule has 1 amide bonds. The molecule has 0 atom stereocenters. The molecule has 3 aromatic carbocycles. The minimum Gasteiger partial charge on any atom is -0.495 e. The highest BCUT2D eigenvalue weighted by Gasteiger charge is 2.27. The topological polar surface area (TPSA) is 84.9 Å². The number of hydrogen-bond acceptors (Lipinski definition) is 5. The normalized spacial score (nSPS) is 13.8. The third-order valence-electron chi connectivity index (χ3n) is 4.98. The molecule has 0 aliphatic carbocycles. The van der Waals surface area contributed by atoms with Crippen LogP contribution < -0.4 is 19.1 Å². The van der Waals surface area contributed by atoms with Gasteiger partial charge in [0.05, 0.1) is 23.4 Å². The SMILES string of the molecule is COc1ccc(S(=O)(=O)Nc2cc(Cl)ccc2Oc2ccccc2)cc1N1CCCC1=O. The van der Waals surface area contributed by atoms with E-state index in [1.807, 2.05) is 18.2 Å². The van der Waals surface area contributed by atoms with Crippen molar-refractivity contribution in [2.45, 2.75) is 17.7 Å². The molecule has 1 saturated heterocycles. The van der Waals surface area contributed by atoms with Crippen LogP contribution in [0.1, 0.15) is 12.8 Å². The van der Waals surface area contributed by atoms with Crippen LogP contribution in [-0.2, 0) is 14.8 Å². The molecular formula is C23H21ClN2O5S. The highest BCUT2D eigenvalue weighted by Crippen LogP contribution is 2.36. The molecule has 0 unspecified atom stereocenters. The molecule has 1 N–H and O–H groups in total. The molecule has 1 aliphatic rings. The lowest BCUT2D eigenvalue weighted by atomic mass is 10.2. The Hall–Kier alpha value is -3.23. The molecule has 0 bridgehead atoms. The molecule has 7 nitrogen and oxygen atoms in total. The second-order valence-corrected chi connectivity index (χ2v) is 9.26. The van der Waals surface area contributed by atoms with E-state index in [0.717, 1.165) is 0 Å². The predicted octanol–water partition coefficient (Wildman–Crippen LogP) is 5.07. The first kappa shape index (κ1) is 22.0. The van der Waals surface area contributed by atoms with E-state index in [-0.39, 0.29) is 16.5 Å². The molecular weight excluding hydrogens is 452 g/mol. The standard InChI is InChI=1S/C23H21ClN2O5S/c1-30-22-12-10-18(15-20(22)26-13-5-8-23(26)27)32(28,29)25-19-14-16(24)9-11-21(19)31-17-6-3-2-4-7-17/h2-4,6-7,9-12,14-15,25H,5,8,13H2,1H3. The molecule has 0 radical (unpaired) electrons. The van der Waals surface area contributed by atoms with Gasteiger partial charge in [-0.3, -0.25) is 9.52 Å². The van der Waals surface area contributed by atoms with Gasteiger partial charge in [0, 0.05) is 18.0 Å².